The molecule has 1 N–H and O–H groups in total. The molecule has 2 nitrogen and oxygen atoms in total. The normalized spacial score (nSPS) is 12.8. The van der Waals surface area contributed by atoms with E-state index in [2.05, 4.69) is 56.4 Å². The molecular weight excluding hydrogens is 280 g/mol. The maximum absolute atomic E-state index is 9.75. The van der Waals surface area contributed by atoms with E-state index in [0.29, 0.717) is 0 Å². The summed E-state index contributed by atoms with van der Waals surface area (Å²) in [6.45, 7) is 6.52. The summed E-state index contributed by atoms with van der Waals surface area (Å²) in [5, 5.41) is 13.4. The van der Waals surface area contributed by atoms with Gasteiger partial charge in [0, 0.05) is 0 Å². The lowest BCUT2D eigenvalue weighted by Crippen LogP contribution is -2.44. The van der Waals surface area contributed by atoms with Gasteiger partial charge in [-0.25, -0.2) is 0 Å². The van der Waals surface area contributed by atoms with E-state index < -0.39 is 0 Å². The Balaban J connectivity index is 2.37. The minimum atomic E-state index is -0.192. The Labute approximate surface area is 140 Å². The molecule has 0 aliphatic carbocycles. The fraction of sp³-hybridized carbons (Fsp3) is 0.381. The Morgan fingerprint density at radius 1 is 0.913 bits per heavy atom. The Kier molecular flexibility index (Phi) is 5.96. The molecule has 0 saturated carbocycles. The number of benzene rings is 2. The Morgan fingerprint density at radius 3 is 1.70 bits per heavy atom. The number of nitrogens with zero attached hydrogens (tertiary/aromatic N) is 1. The Bertz CT molecular complexity index is 584. The second-order valence-corrected chi connectivity index (χ2v) is 6.34. The van der Waals surface area contributed by atoms with Gasteiger partial charge < -0.3 is 0 Å². The van der Waals surface area contributed by atoms with Crippen molar-refractivity contribution in [3.63, 3.8) is 0 Å². The van der Waals surface area contributed by atoms with E-state index in [9.17, 15) is 5.26 Å². The van der Waals surface area contributed by atoms with Crippen molar-refractivity contribution < 1.29 is 0 Å². The lowest BCUT2D eigenvalue weighted by molar-refractivity contribution is 0.227. The summed E-state index contributed by atoms with van der Waals surface area (Å²) in [7, 11) is 0. The quantitative estimate of drug-likeness (QED) is 0.774. The second kappa shape index (κ2) is 7.94. The van der Waals surface area contributed by atoms with Gasteiger partial charge in [-0.3, -0.25) is 5.32 Å². The highest BCUT2D eigenvalue weighted by molar-refractivity contribution is 5.32. The summed E-state index contributed by atoms with van der Waals surface area (Å²) < 4.78 is 0. The van der Waals surface area contributed by atoms with Crippen LogP contribution >= 0.6 is 0 Å². The maximum Gasteiger partial charge on any atom is 0.101 e. The van der Waals surface area contributed by atoms with Crippen molar-refractivity contribution >= 4 is 0 Å². The minimum Gasteiger partial charge on any atom is -0.291 e. The monoisotopic (exact) mass is 306 g/mol. The molecule has 2 aromatic rings. The van der Waals surface area contributed by atoms with Gasteiger partial charge in [0.2, 0.25) is 0 Å². The van der Waals surface area contributed by atoms with Gasteiger partial charge in [0.15, 0.2) is 0 Å². The van der Waals surface area contributed by atoms with E-state index >= 15 is 0 Å². The van der Waals surface area contributed by atoms with Gasteiger partial charge in [-0.05, 0) is 29.4 Å². The highest BCUT2D eigenvalue weighted by Gasteiger charge is 2.33. The largest absolute Gasteiger partial charge is 0.291 e. The average molecular weight is 306 g/mol. The van der Waals surface area contributed by atoms with Crippen molar-refractivity contribution in [2.75, 3.05) is 0 Å². The van der Waals surface area contributed by atoms with Crippen LogP contribution in [-0.2, 0) is 0 Å². The van der Waals surface area contributed by atoms with Gasteiger partial charge in [-0.2, -0.15) is 5.26 Å². The molecule has 2 aromatic carbocycles. The van der Waals surface area contributed by atoms with Gasteiger partial charge in [-0.1, -0.05) is 81.4 Å². The molecule has 0 amide bonds. The molecule has 0 heterocycles. The third kappa shape index (κ3) is 4.00. The van der Waals surface area contributed by atoms with Gasteiger partial charge in [0.1, 0.15) is 6.04 Å². The Morgan fingerprint density at radius 2 is 1.35 bits per heavy atom. The van der Waals surface area contributed by atoms with E-state index in [0.717, 1.165) is 12.8 Å². The highest BCUT2D eigenvalue weighted by Crippen LogP contribution is 2.32. The molecule has 0 spiro atoms. The number of hydrogen-bond donors (Lipinski definition) is 1. The fourth-order valence-corrected chi connectivity index (χ4v) is 2.90. The van der Waals surface area contributed by atoms with Crippen molar-refractivity contribution in [2.45, 2.75) is 45.7 Å². The van der Waals surface area contributed by atoms with Crippen molar-refractivity contribution in [1.29, 1.82) is 5.26 Å². The predicted molar refractivity (Wildman–Crippen MR) is 96.0 cm³/mol. The van der Waals surface area contributed by atoms with Crippen molar-refractivity contribution in [2.24, 2.45) is 5.41 Å². The van der Waals surface area contributed by atoms with Crippen LogP contribution in [0.5, 0.6) is 0 Å². The molecular formula is C21H26N2. The van der Waals surface area contributed by atoms with Crippen LogP contribution in [0.4, 0.5) is 0 Å². The molecule has 0 fully saturated rings. The molecule has 23 heavy (non-hydrogen) atoms. The summed E-state index contributed by atoms with van der Waals surface area (Å²) in [5.74, 6) is 0. The fourth-order valence-electron chi connectivity index (χ4n) is 2.90. The lowest BCUT2D eigenvalue weighted by atomic mass is 9.77. The average Bonchev–Trinajstić information content (AvgIpc) is 2.63. The number of nitriles is 1. The number of rotatable bonds is 7. The molecule has 0 bridgehead atoms. The minimum absolute atomic E-state index is 0.0273. The van der Waals surface area contributed by atoms with Crippen LogP contribution in [0.15, 0.2) is 60.7 Å². The van der Waals surface area contributed by atoms with Gasteiger partial charge in [-0.15, -0.1) is 0 Å². The zero-order valence-corrected chi connectivity index (χ0v) is 14.3. The van der Waals surface area contributed by atoms with Crippen LogP contribution in [0.3, 0.4) is 0 Å². The SMILES string of the molecule is CCC(C)(CC)C(C#N)NC(c1ccccc1)c1ccccc1. The molecule has 0 aromatic heterocycles. The molecule has 1 unspecified atom stereocenters. The van der Waals surface area contributed by atoms with E-state index in [4.69, 9.17) is 0 Å². The van der Waals surface area contributed by atoms with E-state index in [1.807, 2.05) is 36.4 Å². The zero-order valence-electron chi connectivity index (χ0n) is 14.3. The lowest BCUT2D eigenvalue weighted by Gasteiger charge is -2.35. The summed E-state index contributed by atoms with van der Waals surface area (Å²) in [4.78, 5) is 0. The Hall–Kier alpha value is -2.11. The molecule has 2 heteroatoms. The molecule has 0 radical (unpaired) electrons. The van der Waals surface area contributed by atoms with Crippen LogP contribution in [0.1, 0.15) is 50.8 Å². The summed E-state index contributed by atoms with van der Waals surface area (Å²) in [5.41, 5.74) is 2.35. The maximum atomic E-state index is 9.75. The second-order valence-electron chi connectivity index (χ2n) is 6.34. The van der Waals surface area contributed by atoms with E-state index in [1.165, 1.54) is 11.1 Å². The van der Waals surface area contributed by atoms with Gasteiger partial charge >= 0.3 is 0 Å². The molecule has 0 saturated heterocycles. The van der Waals surface area contributed by atoms with Crippen LogP contribution in [0, 0.1) is 16.7 Å². The van der Waals surface area contributed by atoms with Crippen molar-refractivity contribution in [1.82, 2.24) is 5.32 Å². The first-order valence-electron chi connectivity index (χ1n) is 8.40. The van der Waals surface area contributed by atoms with Crippen LogP contribution in [0.25, 0.3) is 0 Å². The van der Waals surface area contributed by atoms with Gasteiger partial charge in [0.25, 0.3) is 0 Å². The summed E-state index contributed by atoms with van der Waals surface area (Å²) in [6, 6.07) is 23.1. The number of nitrogens with one attached hydrogen (secondary N) is 1. The molecule has 1 atom stereocenters. The zero-order chi connectivity index (χ0) is 16.7. The van der Waals surface area contributed by atoms with Crippen LogP contribution in [0.2, 0.25) is 0 Å². The van der Waals surface area contributed by atoms with Crippen LogP contribution < -0.4 is 5.32 Å². The third-order valence-electron chi connectivity index (χ3n) is 5.04. The smallest absolute Gasteiger partial charge is 0.101 e. The molecule has 0 aliphatic heterocycles. The van der Waals surface area contributed by atoms with Crippen LogP contribution in [-0.4, -0.2) is 6.04 Å². The van der Waals surface area contributed by atoms with E-state index in [1.54, 1.807) is 0 Å². The topological polar surface area (TPSA) is 35.8 Å². The first-order chi connectivity index (χ1) is 11.1. The summed E-state index contributed by atoms with van der Waals surface area (Å²) >= 11 is 0. The first-order valence-corrected chi connectivity index (χ1v) is 8.40. The first kappa shape index (κ1) is 17.2. The molecule has 120 valence electrons. The predicted octanol–water partition coefficient (Wildman–Crippen LogP) is 5.08. The molecule has 0 aliphatic rings. The van der Waals surface area contributed by atoms with Gasteiger partial charge in [0.05, 0.1) is 12.1 Å². The van der Waals surface area contributed by atoms with Crippen molar-refractivity contribution in [3.8, 4) is 6.07 Å². The third-order valence-corrected chi connectivity index (χ3v) is 5.04. The molecule has 2 rings (SSSR count). The van der Waals surface area contributed by atoms with Crippen molar-refractivity contribution in [3.05, 3.63) is 71.8 Å². The summed E-state index contributed by atoms with van der Waals surface area (Å²) in [6.07, 6.45) is 1.95. The highest BCUT2D eigenvalue weighted by atomic mass is 15.0. The van der Waals surface area contributed by atoms with E-state index in [-0.39, 0.29) is 17.5 Å². The standard InChI is InChI=1S/C21H26N2/c1-4-21(3,5-2)19(16-22)23-20(17-12-8-6-9-13-17)18-14-10-7-11-15-18/h6-15,19-20,23H,4-5H2,1-3H3. The number of hydrogen-bond acceptors (Lipinski definition) is 2.